The normalized spacial score (nSPS) is 15.6. The first kappa shape index (κ1) is 38.4. The van der Waals surface area contributed by atoms with Crippen molar-refractivity contribution >= 4 is 50.7 Å². The fourth-order valence-electron chi connectivity index (χ4n) is 5.84. The summed E-state index contributed by atoms with van der Waals surface area (Å²) in [7, 11) is 1.34. The summed E-state index contributed by atoms with van der Waals surface area (Å²) in [5.41, 5.74) is -3.15. The van der Waals surface area contributed by atoms with Gasteiger partial charge in [-0.2, -0.15) is 26.3 Å². The quantitative estimate of drug-likeness (QED) is 0.191. The number of benzene rings is 3. The molecule has 52 heavy (non-hydrogen) atoms. The lowest BCUT2D eigenvalue weighted by Gasteiger charge is -2.26. The fraction of sp³-hybridized carbons (Fsp3) is 0.361. The molecule has 1 fully saturated rings. The highest BCUT2D eigenvalue weighted by Crippen LogP contribution is 2.41. The number of halogens is 7. The van der Waals surface area contributed by atoms with Crippen LogP contribution in [0, 0.1) is 5.82 Å². The lowest BCUT2D eigenvalue weighted by atomic mass is 9.90. The van der Waals surface area contributed by atoms with Crippen molar-refractivity contribution in [3.63, 3.8) is 0 Å². The van der Waals surface area contributed by atoms with Crippen molar-refractivity contribution in [3.8, 4) is 5.75 Å². The number of nitrogens with zero attached hydrogens (tertiary/aromatic N) is 1. The molecule has 3 aromatic carbocycles. The molecule has 16 heteroatoms. The minimum Gasteiger partial charge on any atom is -0.496 e. The predicted molar refractivity (Wildman–Crippen MR) is 182 cm³/mol. The van der Waals surface area contributed by atoms with E-state index in [4.69, 9.17) is 9.47 Å². The van der Waals surface area contributed by atoms with Crippen molar-refractivity contribution in [2.75, 3.05) is 30.8 Å². The molecule has 1 aromatic heterocycles. The molecule has 0 radical (unpaired) electrons. The number of nitrogens with one attached hydrogen (secondary N) is 2. The van der Waals surface area contributed by atoms with Crippen LogP contribution in [0.3, 0.4) is 0 Å². The van der Waals surface area contributed by atoms with Crippen LogP contribution < -0.4 is 15.4 Å². The number of hydrogen-bond donors (Lipinski definition) is 2. The standard InChI is InChI=1S/C36H34F7N3O5S/c1-34(2,3)51-33(49)46-14-5-6-19(13-15-46)20-7-12-27(50-4)24(16-20)31(47)45-29-23-10-8-21(35(38,39)40)17-28(23)52-30(29)32(48)44-22-9-11-26(37)25(18-22)36(41,42)43/h7-12,16-19H,5-6,13-15H2,1-4H3,(H,44,48)(H,45,47). The molecule has 2 N–H and O–H groups in total. The van der Waals surface area contributed by atoms with Gasteiger partial charge in [-0.25, -0.2) is 9.18 Å². The highest BCUT2D eigenvalue weighted by atomic mass is 32.1. The molecule has 1 unspecified atom stereocenters. The number of methoxy groups -OCH3 is 1. The van der Waals surface area contributed by atoms with Gasteiger partial charge >= 0.3 is 18.4 Å². The average molecular weight is 754 g/mol. The number of alkyl halides is 6. The van der Waals surface area contributed by atoms with Crippen LogP contribution in [0.2, 0.25) is 0 Å². The van der Waals surface area contributed by atoms with Crippen LogP contribution in [0.25, 0.3) is 10.1 Å². The number of amides is 3. The van der Waals surface area contributed by atoms with Gasteiger partial charge in [-0.3, -0.25) is 9.59 Å². The number of carbonyl (C=O) groups is 3. The molecular weight excluding hydrogens is 719 g/mol. The zero-order valence-electron chi connectivity index (χ0n) is 28.4. The monoisotopic (exact) mass is 753 g/mol. The Balaban J connectivity index is 1.47. The van der Waals surface area contributed by atoms with Crippen molar-refractivity contribution in [3.05, 3.63) is 87.5 Å². The molecule has 278 valence electrons. The number of ether oxygens (including phenoxy) is 2. The molecule has 1 atom stereocenters. The van der Waals surface area contributed by atoms with Gasteiger partial charge in [0.25, 0.3) is 11.8 Å². The summed E-state index contributed by atoms with van der Waals surface area (Å²) in [6, 6.07) is 9.43. The molecular formula is C36H34F7N3O5S. The second-order valence-corrected chi connectivity index (χ2v) is 14.2. The SMILES string of the molecule is COc1ccc(C2CCCN(C(=O)OC(C)(C)C)CC2)cc1C(=O)Nc1c(C(=O)Nc2ccc(F)c(C(F)(F)F)c2)sc2cc(C(F)(F)F)ccc12. The van der Waals surface area contributed by atoms with E-state index in [0.717, 1.165) is 29.8 Å². The molecule has 1 aliphatic rings. The summed E-state index contributed by atoms with van der Waals surface area (Å²) < 4.78 is 106. The van der Waals surface area contributed by atoms with E-state index < -0.39 is 58.5 Å². The van der Waals surface area contributed by atoms with Crippen molar-refractivity contribution in [1.29, 1.82) is 0 Å². The number of fused-ring (bicyclic) bond motifs is 1. The number of thiophene rings is 1. The number of hydrogen-bond acceptors (Lipinski definition) is 6. The first-order valence-corrected chi connectivity index (χ1v) is 16.9. The van der Waals surface area contributed by atoms with E-state index >= 15 is 0 Å². The van der Waals surface area contributed by atoms with E-state index in [2.05, 4.69) is 10.6 Å². The molecule has 4 aromatic rings. The van der Waals surface area contributed by atoms with E-state index in [1.54, 1.807) is 43.9 Å². The summed E-state index contributed by atoms with van der Waals surface area (Å²) in [4.78, 5) is 41.4. The van der Waals surface area contributed by atoms with E-state index in [0.29, 0.717) is 55.8 Å². The second-order valence-electron chi connectivity index (χ2n) is 13.2. The van der Waals surface area contributed by atoms with E-state index in [1.165, 1.54) is 7.11 Å². The number of rotatable bonds is 6. The third-order valence-electron chi connectivity index (χ3n) is 8.31. The summed E-state index contributed by atoms with van der Waals surface area (Å²) in [6.45, 7) is 6.23. The number of carbonyl (C=O) groups excluding carboxylic acids is 3. The molecule has 5 rings (SSSR count). The smallest absolute Gasteiger partial charge is 0.419 e. The predicted octanol–water partition coefficient (Wildman–Crippen LogP) is 10.1. The summed E-state index contributed by atoms with van der Waals surface area (Å²) in [5, 5.41) is 4.91. The Kier molecular flexibility index (Phi) is 10.8. The van der Waals surface area contributed by atoms with Crippen molar-refractivity contribution in [1.82, 2.24) is 4.90 Å². The van der Waals surface area contributed by atoms with Crippen molar-refractivity contribution < 1.29 is 54.6 Å². The Morgan fingerprint density at radius 2 is 1.58 bits per heavy atom. The lowest BCUT2D eigenvalue weighted by Crippen LogP contribution is -2.37. The molecule has 2 heterocycles. The zero-order chi connectivity index (χ0) is 38.2. The van der Waals surface area contributed by atoms with Crippen LogP contribution in [-0.4, -0.2) is 48.6 Å². The van der Waals surface area contributed by atoms with Crippen molar-refractivity contribution in [2.24, 2.45) is 0 Å². The maximum absolute atomic E-state index is 13.9. The minimum absolute atomic E-state index is 0.0409. The highest BCUT2D eigenvalue weighted by molar-refractivity contribution is 7.21. The van der Waals surface area contributed by atoms with Crippen LogP contribution >= 0.6 is 11.3 Å². The van der Waals surface area contributed by atoms with Gasteiger partial charge in [-0.1, -0.05) is 12.1 Å². The van der Waals surface area contributed by atoms with Crippen LogP contribution in [0.4, 0.5) is 46.9 Å². The Bertz CT molecular complexity index is 2000. The summed E-state index contributed by atoms with van der Waals surface area (Å²) in [5.74, 6) is -3.32. The molecule has 0 spiro atoms. The van der Waals surface area contributed by atoms with Gasteiger partial charge in [0.15, 0.2) is 0 Å². The van der Waals surface area contributed by atoms with Crippen LogP contribution in [0.5, 0.6) is 5.75 Å². The van der Waals surface area contributed by atoms with E-state index in [-0.39, 0.29) is 37.9 Å². The Hall–Kier alpha value is -4.86. The molecule has 0 aliphatic carbocycles. The van der Waals surface area contributed by atoms with E-state index in [1.807, 2.05) is 0 Å². The Morgan fingerprint density at radius 3 is 2.23 bits per heavy atom. The summed E-state index contributed by atoms with van der Waals surface area (Å²) >= 11 is 0.579. The Labute approximate surface area is 297 Å². The molecule has 3 amide bonds. The maximum Gasteiger partial charge on any atom is 0.419 e. The van der Waals surface area contributed by atoms with Gasteiger partial charge in [0.1, 0.15) is 22.0 Å². The molecule has 0 bridgehead atoms. The first-order chi connectivity index (χ1) is 24.2. The van der Waals surface area contributed by atoms with Gasteiger partial charge in [0.05, 0.1) is 29.5 Å². The number of likely N-dealkylation sites (tertiary alicyclic amines) is 1. The first-order valence-electron chi connectivity index (χ1n) is 16.0. The minimum atomic E-state index is -5.07. The maximum atomic E-state index is 13.9. The van der Waals surface area contributed by atoms with Crippen LogP contribution in [0.1, 0.15) is 82.7 Å². The van der Waals surface area contributed by atoms with Gasteiger partial charge < -0.3 is 25.0 Å². The third kappa shape index (κ3) is 8.77. The Morgan fingerprint density at radius 1 is 0.846 bits per heavy atom. The average Bonchev–Trinajstić information content (AvgIpc) is 3.22. The van der Waals surface area contributed by atoms with Crippen LogP contribution in [-0.2, 0) is 17.1 Å². The molecule has 1 aliphatic heterocycles. The topological polar surface area (TPSA) is 97.0 Å². The number of anilines is 2. The van der Waals surface area contributed by atoms with E-state index in [9.17, 15) is 45.1 Å². The van der Waals surface area contributed by atoms with Gasteiger partial charge in [0, 0.05) is 28.9 Å². The van der Waals surface area contributed by atoms with Gasteiger partial charge in [-0.15, -0.1) is 11.3 Å². The molecule has 1 saturated heterocycles. The zero-order valence-corrected chi connectivity index (χ0v) is 29.2. The fourth-order valence-corrected chi connectivity index (χ4v) is 6.93. The van der Waals surface area contributed by atoms with Crippen LogP contribution in [0.15, 0.2) is 54.6 Å². The largest absolute Gasteiger partial charge is 0.496 e. The van der Waals surface area contributed by atoms with Gasteiger partial charge in [-0.05, 0) is 94.0 Å². The second kappa shape index (κ2) is 14.6. The molecule has 0 saturated carbocycles. The van der Waals surface area contributed by atoms with Gasteiger partial charge in [0.2, 0.25) is 0 Å². The van der Waals surface area contributed by atoms with Crippen molar-refractivity contribution in [2.45, 2.75) is 63.9 Å². The lowest BCUT2D eigenvalue weighted by molar-refractivity contribution is -0.140. The molecule has 8 nitrogen and oxygen atoms in total. The third-order valence-corrected chi connectivity index (χ3v) is 9.46. The summed E-state index contributed by atoms with van der Waals surface area (Å²) in [6.07, 6.45) is -8.32. The highest BCUT2D eigenvalue weighted by Gasteiger charge is 2.35.